The molecule has 2 unspecified atom stereocenters. The lowest BCUT2D eigenvalue weighted by molar-refractivity contribution is -0.116. The fourth-order valence-electron chi connectivity index (χ4n) is 1.76. The summed E-state index contributed by atoms with van der Waals surface area (Å²) in [6, 6.07) is 7.50. The van der Waals surface area contributed by atoms with Crippen molar-refractivity contribution in [1.29, 1.82) is 0 Å². The van der Waals surface area contributed by atoms with E-state index in [0.29, 0.717) is 25.1 Å². The van der Waals surface area contributed by atoms with E-state index in [4.69, 9.17) is 5.73 Å². The molecule has 4 nitrogen and oxygen atoms in total. The molecule has 0 spiro atoms. The van der Waals surface area contributed by atoms with E-state index >= 15 is 0 Å². The van der Waals surface area contributed by atoms with Crippen LogP contribution >= 0.6 is 0 Å². The van der Waals surface area contributed by atoms with E-state index in [1.165, 1.54) is 0 Å². The highest BCUT2D eigenvalue weighted by atomic mass is 32.2. The van der Waals surface area contributed by atoms with Crippen molar-refractivity contribution < 1.29 is 9.00 Å². The lowest BCUT2D eigenvalue weighted by atomic mass is 10.2. The van der Waals surface area contributed by atoms with Crippen LogP contribution < -0.4 is 11.1 Å². The van der Waals surface area contributed by atoms with Crippen molar-refractivity contribution in [3.63, 3.8) is 0 Å². The molecular weight excluding hydrogens is 272 g/mol. The molecule has 112 valence electrons. The van der Waals surface area contributed by atoms with Gasteiger partial charge >= 0.3 is 0 Å². The van der Waals surface area contributed by atoms with Crippen LogP contribution in [0.25, 0.3) is 0 Å². The van der Waals surface area contributed by atoms with Gasteiger partial charge in [-0.3, -0.25) is 9.00 Å². The number of hydrogen-bond acceptors (Lipinski definition) is 3. The second-order valence-corrected chi connectivity index (χ2v) is 6.83. The Morgan fingerprint density at radius 1 is 1.45 bits per heavy atom. The summed E-state index contributed by atoms with van der Waals surface area (Å²) in [6.45, 7) is 4.46. The van der Waals surface area contributed by atoms with Crippen LogP contribution in [0.5, 0.6) is 0 Å². The van der Waals surface area contributed by atoms with Gasteiger partial charge in [0.2, 0.25) is 5.91 Å². The van der Waals surface area contributed by atoms with Crippen LogP contribution in [-0.2, 0) is 22.1 Å². The van der Waals surface area contributed by atoms with Gasteiger partial charge in [-0.05, 0) is 30.5 Å². The number of amides is 1. The lowest BCUT2D eigenvalue weighted by Gasteiger charge is -2.09. The van der Waals surface area contributed by atoms with Gasteiger partial charge in [0.05, 0.1) is 0 Å². The highest BCUT2D eigenvalue weighted by Gasteiger charge is 2.09. The molecule has 1 aromatic rings. The zero-order valence-corrected chi connectivity index (χ0v) is 13.0. The van der Waals surface area contributed by atoms with Crippen molar-refractivity contribution in [1.82, 2.24) is 0 Å². The van der Waals surface area contributed by atoms with Crippen molar-refractivity contribution in [3.05, 3.63) is 29.8 Å². The summed E-state index contributed by atoms with van der Waals surface area (Å²) in [6.07, 6.45) is 1.96. The van der Waals surface area contributed by atoms with Gasteiger partial charge in [0.15, 0.2) is 0 Å². The maximum atomic E-state index is 11.8. The summed E-state index contributed by atoms with van der Waals surface area (Å²) in [7, 11) is -0.829. The number of carbonyl (C=O) groups is 1. The fraction of sp³-hybridized carbons (Fsp3) is 0.533. The van der Waals surface area contributed by atoms with Gasteiger partial charge in [0, 0.05) is 40.5 Å². The molecule has 1 amide bonds. The van der Waals surface area contributed by atoms with E-state index < -0.39 is 10.8 Å². The van der Waals surface area contributed by atoms with Crippen LogP contribution in [0.1, 0.15) is 38.7 Å². The van der Waals surface area contributed by atoms with Crippen molar-refractivity contribution in [2.75, 3.05) is 11.1 Å². The zero-order valence-electron chi connectivity index (χ0n) is 12.2. The molecule has 0 aromatic heterocycles. The van der Waals surface area contributed by atoms with Crippen LogP contribution in [0, 0.1) is 0 Å². The zero-order chi connectivity index (χ0) is 15.0. The predicted octanol–water partition coefficient (Wildman–Crippen LogP) is 2.41. The first-order valence-electron chi connectivity index (χ1n) is 7.02. The SMILES string of the molecule is CCC(C)S(=O)CCCC(=O)Nc1cccc(CN)c1. The van der Waals surface area contributed by atoms with Crippen LogP contribution in [0.15, 0.2) is 24.3 Å². The maximum Gasteiger partial charge on any atom is 0.224 e. The highest BCUT2D eigenvalue weighted by Crippen LogP contribution is 2.11. The van der Waals surface area contributed by atoms with Gasteiger partial charge in [-0.2, -0.15) is 0 Å². The van der Waals surface area contributed by atoms with Gasteiger partial charge in [-0.15, -0.1) is 0 Å². The van der Waals surface area contributed by atoms with E-state index in [1.807, 2.05) is 38.1 Å². The summed E-state index contributed by atoms with van der Waals surface area (Å²) in [4.78, 5) is 11.8. The molecule has 0 radical (unpaired) electrons. The molecule has 0 bridgehead atoms. The third-order valence-electron chi connectivity index (χ3n) is 3.22. The van der Waals surface area contributed by atoms with Crippen LogP contribution in [0.3, 0.4) is 0 Å². The quantitative estimate of drug-likeness (QED) is 0.774. The molecule has 0 aliphatic rings. The second-order valence-electron chi connectivity index (χ2n) is 4.86. The van der Waals surface area contributed by atoms with Crippen molar-refractivity contribution >= 4 is 22.4 Å². The Kier molecular flexibility index (Phi) is 7.47. The van der Waals surface area contributed by atoms with Gasteiger partial charge in [-0.1, -0.05) is 26.0 Å². The molecule has 1 aromatic carbocycles. The molecule has 0 aliphatic heterocycles. The standard InChI is InChI=1S/C15H24N2O2S/c1-3-12(2)20(19)9-5-8-15(18)17-14-7-4-6-13(10-14)11-16/h4,6-7,10,12H,3,5,8-9,11,16H2,1-2H3,(H,17,18). The molecule has 2 atom stereocenters. The van der Waals surface area contributed by atoms with E-state index in [9.17, 15) is 9.00 Å². The Hall–Kier alpha value is -1.20. The minimum Gasteiger partial charge on any atom is -0.326 e. The van der Waals surface area contributed by atoms with E-state index in [2.05, 4.69) is 5.32 Å². The number of anilines is 1. The Labute approximate surface area is 123 Å². The molecule has 0 saturated carbocycles. The summed E-state index contributed by atoms with van der Waals surface area (Å²) in [5.41, 5.74) is 7.31. The Morgan fingerprint density at radius 3 is 2.85 bits per heavy atom. The number of rotatable bonds is 8. The second kappa shape index (κ2) is 8.87. The minimum atomic E-state index is -0.829. The van der Waals surface area contributed by atoms with E-state index in [0.717, 1.165) is 17.7 Å². The van der Waals surface area contributed by atoms with Crippen molar-refractivity contribution in [3.8, 4) is 0 Å². The summed E-state index contributed by atoms with van der Waals surface area (Å²) in [5.74, 6) is 0.547. The van der Waals surface area contributed by atoms with Crippen molar-refractivity contribution in [2.24, 2.45) is 5.73 Å². The van der Waals surface area contributed by atoms with E-state index in [-0.39, 0.29) is 11.2 Å². The Bertz CT molecular complexity index is 463. The van der Waals surface area contributed by atoms with Crippen molar-refractivity contribution in [2.45, 2.75) is 44.9 Å². The smallest absolute Gasteiger partial charge is 0.224 e. The molecular formula is C15H24N2O2S. The first-order chi connectivity index (χ1) is 9.56. The Morgan fingerprint density at radius 2 is 2.20 bits per heavy atom. The van der Waals surface area contributed by atoms with Gasteiger partial charge in [0.1, 0.15) is 0 Å². The molecule has 0 saturated heterocycles. The summed E-state index contributed by atoms with van der Waals surface area (Å²) < 4.78 is 11.8. The van der Waals surface area contributed by atoms with Crippen LogP contribution in [-0.4, -0.2) is 21.1 Å². The summed E-state index contributed by atoms with van der Waals surface area (Å²) in [5, 5.41) is 3.05. The molecule has 5 heteroatoms. The first kappa shape index (κ1) is 16.9. The maximum absolute atomic E-state index is 11.8. The number of hydrogen-bond donors (Lipinski definition) is 2. The molecule has 20 heavy (non-hydrogen) atoms. The molecule has 1 rings (SSSR count). The average Bonchev–Trinajstić information content (AvgIpc) is 2.46. The minimum absolute atomic E-state index is 0.0414. The largest absolute Gasteiger partial charge is 0.326 e. The number of nitrogens with one attached hydrogen (secondary N) is 1. The molecule has 0 heterocycles. The lowest BCUT2D eigenvalue weighted by Crippen LogP contribution is -2.16. The number of nitrogens with two attached hydrogens (primary N) is 1. The van der Waals surface area contributed by atoms with Gasteiger partial charge in [0.25, 0.3) is 0 Å². The third kappa shape index (κ3) is 5.84. The fourth-order valence-corrected chi connectivity index (χ4v) is 2.96. The van der Waals surface area contributed by atoms with E-state index in [1.54, 1.807) is 0 Å². The van der Waals surface area contributed by atoms with Crippen LogP contribution in [0.4, 0.5) is 5.69 Å². The van der Waals surface area contributed by atoms with Crippen LogP contribution in [0.2, 0.25) is 0 Å². The molecule has 0 aliphatic carbocycles. The predicted molar refractivity (Wildman–Crippen MR) is 85.0 cm³/mol. The Balaban J connectivity index is 2.35. The number of carbonyl (C=O) groups excluding carboxylic acids is 1. The average molecular weight is 296 g/mol. The van der Waals surface area contributed by atoms with Gasteiger partial charge < -0.3 is 11.1 Å². The molecule has 3 N–H and O–H groups in total. The third-order valence-corrected chi connectivity index (χ3v) is 5.14. The monoisotopic (exact) mass is 296 g/mol. The number of benzene rings is 1. The highest BCUT2D eigenvalue weighted by molar-refractivity contribution is 7.85. The summed E-state index contributed by atoms with van der Waals surface area (Å²) >= 11 is 0. The van der Waals surface area contributed by atoms with Gasteiger partial charge in [-0.25, -0.2) is 0 Å². The topological polar surface area (TPSA) is 72.2 Å². The molecule has 0 fully saturated rings. The first-order valence-corrected chi connectivity index (χ1v) is 8.41. The normalized spacial score (nSPS) is 13.8.